The van der Waals surface area contributed by atoms with Crippen LogP contribution in [-0.4, -0.2) is 46.5 Å². The van der Waals surface area contributed by atoms with E-state index in [9.17, 15) is 19.1 Å². The highest BCUT2D eigenvalue weighted by Crippen LogP contribution is 2.24. The Morgan fingerprint density at radius 2 is 1.86 bits per heavy atom. The van der Waals surface area contributed by atoms with E-state index in [0.29, 0.717) is 0 Å². The van der Waals surface area contributed by atoms with E-state index in [2.05, 4.69) is 4.52 Å². The lowest BCUT2D eigenvalue weighted by molar-refractivity contribution is -0.343. The second-order valence-electron chi connectivity index (χ2n) is 2.43. The van der Waals surface area contributed by atoms with Crippen molar-refractivity contribution in [1.82, 2.24) is 0 Å². The summed E-state index contributed by atoms with van der Waals surface area (Å²) in [5, 5.41) is 26.4. The molecule has 0 bridgehead atoms. The molecule has 0 aliphatic carbocycles. The summed E-state index contributed by atoms with van der Waals surface area (Å²) < 4.78 is 13.5. The number of aliphatic hydroxyl groups excluding tert-OH is 3. The molecule has 8 nitrogen and oxygen atoms in total. The van der Waals surface area contributed by atoms with Crippen LogP contribution in [0.3, 0.4) is 0 Å². The van der Waals surface area contributed by atoms with E-state index in [1.54, 1.807) is 0 Å². The third kappa shape index (κ3) is 5.40. The quantitative estimate of drug-likeness (QED) is 0.308. The summed E-state index contributed by atoms with van der Waals surface area (Å²) in [7, 11) is -5.24. The summed E-state index contributed by atoms with van der Waals surface area (Å²) in [6, 6.07) is 0. The Morgan fingerprint density at radius 1 is 1.36 bits per heavy atom. The summed E-state index contributed by atoms with van der Waals surface area (Å²) in [5.41, 5.74) is 0. The molecule has 0 unspecified atom stereocenters. The van der Waals surface area contributed by atoms with E-state index in [0.717, 1.165) is 0 Å². The van der Waals surface area contributed by atoms with Gasteiger partial charge in [0, 0.05) is 0 Å². The standard InChI is InChI=1S/C5H11O8P/c6-1-3(7)5(9)4(8)2-13-14(10,11)12/h1,3-5,7-9H,2H2,(H2,10,11,12)/p-2/t3-,4-,5+/m1/s1. The first-order valence-corrected chi connectivity index (χ1v) is 4.90. The molecule has 0 saturated carbocycles. The second kappa shape index (κ2) is 5.52. The van der Waals surface area contributed by atoms with E-state index >= 15 is 0 Å². The van der Waals surface area contributed by atoms with E-state index in [4.69, 9.17) is 15.3 Å². The van der Waals surface area contributed by atoms with Gasteiger partial charge in [-0.05, 0) is 0 Å². The lowest BCUT2D eigenvalue weighted by atomic mass is 10.1. The average molecular weight is 228 g/mol. The molecule has 14 heavy (non-hydrogen) atoms. The van der Waals surface area contributed by atoms with Gasteiger partial charge in [-0.15, -0.1) is 0 Å². The fourth-order valence-electron chi connectivity index (χ4n) is 0.574. The van der Waals surface area contributed by atoms with Crippen molar-refractivity contribution in [2.45, 2.75) is 18.3 Å². The Kier molecular flexibility index (Phi) is 5.38. The minimum absolute atomic E-state index is 0.0537. The van der Waals surface area contributed by atoms with Crippen LogP contribution in [-0.2, 0) is 13.9 Å². The van der Waals surface area contributed by atoms with Gasteiger partial charge in [-0.2, -0.15) is 0 Å². The van der Waals surface area contributed by atoms with Gasteiger partial charge in [0.2, 0.25) is 0 Å². The number of hydrogen-bond donors (Lipinski definition) is 3. The topological polar surface area (TPSA) is 150 Å². The molecular formula is C5H9O8P-2. The zero-order chi connectivity index (χ0) is 11.4. The summed E-state index contributed by atoms with van der Waals surface area (Å²) in [6.45, 7) is -1.02. The summed E-state index contributed by atoms with van der Waals surface area (Å²) in [6.07, 6.45) is -5.67. The van der Waals surface area contributed by atoms with Crippen molar-refractivity contribution in [2.75, 3.05) is 6.61 Å². The molecule has 0 saturated heterocycles. The summed E-state index contributed by atoms with van der Waals surface area (Å²) >= 11 is 0. The van der Waals surface area contributed by atoms with Gasteiger partial charge in [0.1, 0.15) is 18.3 Å². The molecule has 0 heterocycles. The fraction of sp³-hybridized carbons (Fsp3) is 0.800. The van der Waals surface area contributed by atoms with E-state index < -0.39 is 32.7 Å². The van der Waals surface area contributed by atoms with Crippen LogP contribution >= 0.6 is 7.82 Å². The second-order valence-corrected chi connectivity index (χ2v) is 3.58. The van der Waals surface area contributed by atoms with Crippen LogP contribution < -0.4 is 9.79 Å². The Labute approximate surface area is 79.0 Å². The van der Waals surface area contributed by atoms with Gasteiger partial charge in [0.15, 0.2) is 6.29 Å². The van der Waals surface area contributed by atoms with Crippen molar-refractivity contribution in [1.29, 1.82) is 0 Å². The highest BCUT2D eigenvalue weighted by molar-refractivity contribution is 7.43. The van der Waals surface area contributed by atoms with E-state index in [-0.39, 0.29) is 6.29 Å². The summed E-state index contributed by atoms with van der Waals surface area (Å²) in [5.74, 6) is 0. The lowest BCUT2D eigenvalue weighted by Gasteiger charge is -2.30. The molecule has 0 aliphatic rings. The molecule has 0 aromatic rings. The van der Waals surface area contributed by atoms with E-state index in [1.807, 2.05) is 0 Å². The number of hydrogen-bond acceptors (Lipinski definition) is 8. The molecule has 0 aromatic heterocycles. The smallest absolute Gasteiger partial charge is 0.151 e. The third-order valence-electron chi connectivity index (χ3n) is 1.29. The number of carbonyl (C=O) groups is 1. The minimum Gasteiger partial charge on any atom is -0.790 e. The van der Waals surface area contributed by atoms with Crippen molar-refractivity contribution in [2.24, 2.45) is 0 Å². The molecule has 0 fully saturated rings. The molecular weight excluding hydrogens is 219 g/mol. The number of rotatable bonds is 6. The maximum absolute atomic E-state index is 9.92. The zero-order valence-corrected chi connectivity index (χ0v) is 7.74. The first-order chi connectivity index (χ1) is 6.28. The van der Waals surface area contributed by atoms with Crippen LogP contribution in [0.4, 0.5) is 0 Å². The molecule has 3 N–H and O–H groups in total. The molecule has 0 aromatic carbocycles. The molecule has 0 radical (unpaired) electrons. The van der Waals surface area contributed by atoms with Crippen molar-refractivity contribution in [3.63, 3.8) is 0 Å². The number of aldehydes is 1. The average Bonchev–Trinajstić information content (AvgIpc) is 2.10. The number of carbonyl (C=O) groups excluding carboxylic acids is 1. The van der Waals surface area contributed by atoms with Crippen LogP contribution in [0, 0.1) is 0 Å². The van der Waals surface area contributed by atoms with Crippen molar-refractivity contribution < 1.29 is 39.0 Å². The molecule has 0 rings (SSSR count). The number of aliphatic hydroxyl groups is 3. The van der Waals surface area contributed by atoms with Crippen LogP contribution in [0.15, 0.2) is 0 Å². The Hall–Kier alpha value is -0.340. The predicted molar refractivity (Wildman–Crippen MR) is 37.6 cm³/mol. The maximum atomic E-state index is 9.92. The van der Waals surface area contributed by atoms with Gasteiger partial charge < -0.3 is 39.0 Å². The number of phosphoric acid groups is 1. The van der Waals surface area contributed by atoms with Gasteiger partial charge in [-0.1, -0.05) is 0 Å². The molecule has 0 amide bonds. The van der Waals surface area contributed by atoms with Gasteiger partial charge in [0.05, 0.1) is 14.4 Å². The van der Waals surface area contributed by atoms with Gasteiger partial charge in [0.25, 0.3) is 0 Å². The Bertz CT molecular complexity index is 224. The SMILES string of the molecule is O=C[C@@H](O)[C@H](O)[C@H](O)COP(=O)([O-])[O-]. The van der Waals surface area contributed by atoms with Crippen LogP contribution in [0.25, 0.3) is 0 Å². The van der Waals surface area contributed by atoms with Crippen LogP contribution in [0.2, 0.25) is 0 Å². The van der Waals surface area contributed by atoms with Crippen LogP contribution in [0.1, 0.15) is 0 Å². The van der Waals surface area contributed by atoms with Gasteiger partial charge >= 0.3 is 0 Å². The Morgan fingerprint density at radius 3 is 2.21 bits per heavy atom. The van der Waals surface area contributed by atoms with Crippen molar-refractivity contribution >= 4 is 14.1 Å². The van der Waals surface area contributed by atoms with Crippen molar-refractivity contribution in [3.05, 3.63) is 0 Å². The largest absolute Gasteiger partial charge is 0.790 e. The molecule has 84 valence electrons. The first-order valence-electron chi connectivity index (χ1n) is 3.44. The normalized spacial score (nSPS) is 18.6. The van der Waals surface area contributed by atoms with E-state index in [1.165, 1.54) is 0 Å². The first kappa shape index (κ1) is 13.7. The third-order valence-corrected chi connectivity index (χ3v) is 1.75. The summed E-state index contributed by atoms with van der Waals surface area (Å²) in [4.78, 5) is 29.8. The monoisotopic (exact) mass is 228 g/mol. The highest BCUT2D eigenvalue weighted by Gasteiger charge is 2.24. The predicted octanol–water partition coefficient (Wildman–Crippen LogP) is -3.89. The molecule has 0 spiro atoms. The van der Waals surface area contributed by atoms with Gasteiger partial charge in [-0.25, -0.2) is 0 Å². The number of phosphoric ester groups is 1. The maximum Gasteiger partial charge on any atom is 0.151 e. The minimum atomic E-state index is -5.24. The lowest BCUT2D eigenvalue weighted by Crippen LogP contribution is -2.41. The Balaban J connectivity index is 4.02. The molecule has 3 atom stereocenters. The highest BCUT2D eigenvalue weighted by atomic mass is 31.2. The zero-order valence-electron chi connectivity index (χ0n) is 6.85. The van der Waals surface area contributed by atoms with Gasteiger partial charge in [-0.3, -0.25) is 0 Å². The molecule has 9 heteroatoms. The van der Waals surface area contributed by atoms with Crippen LogP contribution in [0.5, 0.6) is 0 Å². The molecule has 0 aliphatic heterocycles. The van der Waals surface area contributed by atoms with Crippen molar-refractivity contribution in [3.8, 4) is 0 Å². The fourth-order valence-corrected chi connectivity index (χ4v) is 0.910.